The van der Waals surface area contributed by atoms with Gasteiger partial charge in [0.1, 0.15) is 0 Å². The molecule has 0 radical (unpaired) electrons. The molecule has 0 N–H and O–H groups in total. The molecule has 620 valence electrons. The highest BCUT2D eigenvalue weighted by molar-refractivity contribution is 6.08. The lowest BCUT2D eigenvalue weighted by atomic mass is 9.70. The second-order valence-electron chi connectivity index (χ2n) is 35.5. The first kappa shape index (κ1) is 79.3. The minimum absolute atomic E-state index is 0.420. The van der Waals surface area contributed by atoms with Gasteiger partial charge in [0.05, 0.1) is 57.4 Å². The minimum Gasteiger partial charge on any atom is -0.310 e. The van der Waals surface area contributed by atoms with Crippen LogP contribution in [0.1, 0.15) is 117 Å². The van der Waals surface area contributed by atoms with E-state index in [1.807, 2.05) is 109 Å². The summed E-state index contributed by atoms with van der Waals surface area (Å²) in [6.07, 6.45) is 0. The van der Waals surface area contributed by atoms with Gasteiger partial charge in [0.15, 0.2) is 0 Å². The van der Waals surface area contributed by atoms with Gasteiger partial charge in [0.2, 0.25) is 0 Å². The van der Waals surface area contributed by atoms with Crippen molar-refractivity contribution in [1.29, 1.82) is 21.0 Å². The van der Waals surface area contributed by atoms with E-state index in [9.17, 15) is 21.0 Å². The van der Waals surface area contributed by atoms with Crippen LogP contribution in [0, 0.1) is 45.3 Å². The Bertz CT molecular complexity index is 7750. The highest BCUT2D eigenvalue weighted by Crippen LogP contribution is 2.66. The van der Waals surface area contributed by atoms with Crippen molar-refractivity contribution in [2.45, 2.75) is 50.4 Å². The van der Waals surface area contributed by atoms with E-state index in [-0.39, 0.29) is 0 Å². The zero-order valence-corrected chi connectivity index (χ0v) is 73.1. The molecule has 0 aromatic heterocycles. The highest BCUT2D eigenvalue weighted by Gasteiger charge is 2.54. The van der Waals surface area contributed by atoms with Gasteiger partial charge in [-0.3, -0.25) is 0 Å². The molecule has 2 spiro atoms. The highest BCUT2D eigenvalue weighted by atomic mass is 15.2. The molecular weight excluding hydrogens is 1600 g/mol. The van der Waals surface area contributed by atoms with E-state index in [1.54, 1.807) is 0 Å². The predicted octanol–water partition coefficient (Wildman–Crippen LogP) is 32.3. The average Bonchev–Trinajstić information content (AvgIpc) is 1.51. The third kappa shape index (κ3) is 12.8. The standard InChI is InChI=1S/C65H48N4.C59H36N4/c1-41(2)45-17-27-53(28-18-45)68(51-23-13-43(39-66)14-24-51)55-31-21-47-35-59-60-36-48-22-32-56(69(52-25-15-44(40-67)16-26-52)54-29-19-46(20-30-54)42(3)4)34-50(48)38-64(60)65(63(59)37-49(47)33-55)61-11-7-5-9-57(61)58-10-6-8-12-62(58)65;60-37-39-19-25-47(26-20-39)62(45-11-3-1-4-12-45)49-29-23-41-33-53-54-34-42-24-30-50(63(46-13-5-2-6-14-46)48-27-21-40(38-61)22-28-48)32-44(42)36-58(54)59(57(53)35-43(41)31-49)55-17-9-7-15-51(55)52-16-8-10-18-56(52)59/h5-38,41-42H,1-4H3;1-36H. The molecular formula is C124H84N8. The maximum atomic E-state index is 9.69. The number of nitrogens with zero attached hydrogens (tertiary/aromatic N) is 8. The third-order valence-electron chi connectivity index (χ3n) is 27.7. The third-order valence-corrected chi connectivity index (χ3v) is 27.7. The van der Waals surface area contributed by atoms with Crippen molar-refractivity contribution in [2.75, 3.05) is 19.6 Å². The van der Waals surface area contributed by atoms with Gasteiger partial charge in [0, 0.05) is 68.2 Å². The van der Waals surface area contributed by atoms with Crippen LogP contribution >= 0.6 is 0 Å². The van der Waals surface area contributed by atoms with Gasteiger partial charge < -0.3 is 19.6 Å². The molecule has 0 aliphatic heterocycles. The molecule has 8 nitrogen and oxygen atoms in total. The van der Waals surface area contributed by atoms with E-state index in [0.717, 1.165) is 89.8 Å². The second-order valence-corrected chi connectivity index (χ2v) is 35.5. The van der Waals surface area contributed by atoms with Gasteiger partial charge in [-0.05, 0) is 398 Å². The number of nitriles is 4. The topological polar surface area (TPSA) is 108 Å². The lowest BCUT2D eigenvalue weighted by Crippen LogP contribution is -2.25. The van der Waals surface area contributed by atoms with Crippen molar-refractivity contribution in [2.24, 2.45) is 0 Å². The van der Waals surface area contributed by atoms with Crippen LogP contribution in [-0.4, -0.2) is 0 Å². The zero-order chi connectivity index (χ0) is 89.0. The maximum absolute atomic E-state index is 9.69. The molecule has 132 heavy (non-hydrogen) atoms. The van der Waals surface area contributed by atoms with E-state index in [4.69, 9.17) is 0 Å². The van der Waals surface area contributed by atoms with Crippen molar-refractivity contribution in [3.8, 4) is 68.8 Å². The lowest BCUT2D eigenvalue weighted by Gasteiger charge is -2.31. The number of rotatable bonds is 14. The Labute approximate surface area is 768 Å². The smallest absolute Gasteiger partial charge is 0.0991 e. The fourth-order valence-corrected chi connectivity index (χ4v) is 21.4. The summed E-state index contributed by atoms with van der Waals surface area (Å²) < 4.78 is 0. The van der Waals surface area contributed by atoms with Crippen LogP contribution < -0.4 is 19.6 Å². The van der Waals surface area contributed by atoms with Crippen molar-refractivity contribution in [3.63, 3.8) is 0 Å². The minimum atomic E-state index is -0.564. The Morgan fingerprint density at radius 1 is 0.174 bits per heavy atom. The van der Waals surface area contributed by atoms with Crippen LogP contribution in [0.4, 0.5) is 68.2 Å². The number of anilines is 12. The summed E-state index contributed by atoms with van der Waals surface area (Å²) in [5, 5.41) is 47.9. The normalized spacial score (nSPS) is 12.6. The van der Waals surface area contributed by atoms with Crippen LogP contribution in [0.3, 0.4) is 0 Å². The van der Waals surface area contributed by atoms with E-state index in [2.05, 4.69) is 387 Å². The Kier molecular flexibility index (Phi) is 19.1. The zero-order valence-electron chi connectivity index (χ0n) is 73.1. The monoisotopic (exact) mass is 1680 g/mol. The van der Waals surface area contributed by atoms with Gasteiger partial charge in [-0.1, -0.05) is 210 Å². The molecule has 20 aromatic carbocycles. The molecule has 24 rings (SSSR count). The van der Waals surface area contributed by atoms with E-state index >= 15 is 0 Å². The number of hydrogen-bond donors (Lipinski definition) is 0. The number of hydrogen-bond acceptors (Lipinski definition) is 8. The Hall–Kier alpha value is -17.4. The molecule has 0 fully saturated rings. The first-order chi connectivity index (χ1) is 64.8. The van der Waals surface area contributed by atoms with Crippen molar-refractivity contribution < 1.29 is 0 Å². The van der Waals surface area contributed by atoms with Gasteiger partial charge in [-0.25, -0.2) is 0 Å². The molecule has 4 aliphatic rings. The fraction of sp³-hybridized carbons (Fsp3) is 0.0645. The van der Waals surface area contributed by atoms with E-state index in [0.29, 0.717) is 34.1 Å². The number of para-hydroxylation sites is 2. The van der Waals surface area contributed by atoms with Gasteiger partial charge >= 0.3 is 0 Å². The molecule has 0 saturated heterocycles. The Morgan fingerprint density at radius 2 is 0.371 bits per heavy atom. The molecule has 4 aliphatic carbocycles. The Balaban J connectivity index is 0.000000150. The molecule has 0 unspecified atom stereocenters. The molecule has 0 atom stereocenters. The lowest BCUT2D eigenvalue weighted by molar-refractivity contribution is 0.796. The SMILES string of the molecule is CC(C)c1ccc(N(c2ccc(C#N)cc2)c2ccc3cc4c(cc3c2)C2(c3ccccc3-c3ccccc32)c2cc3cc(N(c5ccc(C#N)cc5)c5ccc(C(C)C)cc5)ccc3cc2-4)cc1.N#Cc1ccc(N(c2ccccc2)c2ccc3cc4c(cc3c2)C2(c3ccccc3-c3ccccc32)c2cc3cc(N(c5ccccc5)c5ccc(C#N)cc5)ccc3cc2-4)cc1. The summed E-state index contributed by atoms with van der Waals surface area (Å²) >= 11 is 0. The largest absolute Gasteiger partial charge is 0.310 e. The quantitative estimate of drug-likeness (QED) is 0.106. The van der Waals surface area contributed by atoms with Crippen LogP contribution in [0.15, 0.2) is 425 Å². The van der Waals surface area contributed by atoms with Crippen molar-refractivity contribution in [3.05, 3.63) is 503 Å². The van der Waals surface area contributed by atoms with E-state index < -0.39 is 10.8 Å². The summed E-state index contributed by atoms with van der Waals surface area (Å²) in [5.74, 6) is 0.839. The summed E-state index contributed by atoms with van der Waals surface area (Å²) in [4.78, 5) is 9.12. The van der Waals surface area contributed by atoms with Crippen molar-refractivity contribution in [1.82, 2.24) is 0 Å². The van der Waals surface area contributed by atoms with Gasteiger partial charge in [-0.15, -0.1) is 0 Å². The summed E-state index contributed by atoms with van der Waals surface area (Å²) in [5.41, 5.74) is 36.7. The summed E-state index contributed by atoms with van der Waals surface area (Å²) in [6, 6.07) is 162. The van der Waals surface area contributed by atoms with Crippen LogP contribution in [0.5, 0.6) is 0 Å². The molecule has 20 aromatic rings. The van der Waals surface area contributed by atoms with Crippen LogP contribution in [0.25, 0.3) is 87.6 Å². The fourth-order valence-electron chi connectivity index (χ4n) is 21.4. The van der Waals surface area contributed by atoms with Crippen LogP contribution in [-0.2, 0) is 10.8 Å². The second kappa shape index (κ2) is 31.9. The van der Waals surface area contributed by atoms with Crippen molar-refractivity contribution >= 4 is 111 Å². The number of benzene rings is 20. The summed E-state index contributed by atoms with van der Waals surface area (Å²) in [6.45, 7) is 8.90. The molecule has 8 heteroatoms. The Morgan fingerprint density at radius 3 is 0.591 bits per heavy atom. The van der Waals surface area contributed by atoms with Crippen LogP contribution in [0.2, 0.25) is 0 Å². The maximum Gasteiger partial charge on any atom is 0.0991 e. The summed E-state index contributed by atoms with van der Waals surface area (Å²) in [7, 11) is 0. The predicted molar refractivity (Wildman–Crippen MR) is 541 cm³/mol. The molecule has 0 heterocycles. The molecule has 0 amide bonds. The molecule has 0 saturated carbocycles. The van der Waals surface area contributed by atoms with Gasteiger partial charge in [0.25, 0.3) is 0 Å². The average molecular weight is 1690 g/mol. The first-order valence-corrected chi connectivity index (χ1v) is 45.1. The molecule has 0 bridgehead atoms. The van der Waals surface area contributed by atoms with Gasteiger partial charge in [-0.2, -0.15) is 21.0 Å². The number of fused-ring (bicyclic) bond motifs is 24. The first-order valence-electron chi connectivity index (χ1n) is 45.1. The van der Waals surface area contributed by atoms with E-state index in [1.165, 1.54) is 122 Å².